The highest BCUT2D eigenvalue weighted by atomic mass is 16.5. The molecule has 0 radical (unpaired) electrons. The van der Waals surface area contributed by atoms with Crippen molar-refractivity contribution in [3.8, 4) is 0 Å². The number of hydrogen-bond acceptors (Lipinski definition) is 4. The smallest absolute Gasteiger partial charge is 0.191 e. The molecule has 0 aromatic heterocycles. The second-order valence-electron chi connectivity index (χ2n) is 8.69. The van der Waals surface area contributed by atoms with Crippen LogP contribution in [-0.2, 0) is 4.74 Å². The Morgan fingerprint density at radius 1 is 1.23 bits per heavy atom. The fourth-order valence-electron chi connectivity index (χ4n) is 4.11. The minimum Gasteiger partial charge on any atom is -0.396 e. The lowest BCUT2D eigenvalue weighted by Gasteiger charge is -2.35. The molecule has 0 saturated carbocycles. The van der Waals surface area contributed by atoms with Crippen LogP contribution in [0.25, 0.3) is 0 Å². The summed E-state index contributed by atoms with van der Waals surface area (Å²) in [7, 11) is 0. The Bertz CT molecular complexity index is 629. The Morgan fingerprint density at radius 2 is 2.00 bits per heavy atom. The standard InChI is InChI=1S/C24H42N4O2/c1-5-25-24(26-17-21(9-12-29)15-19(2)3)27-18-23(28-10-13-30-14-11-28)22-8-6-7-20(4)16-22/h6-8,16,19,21,23,29H,5,9-15,17-18H2,1-4H3,(H2,25,26,27). The summed E-state index contributed by atoms with van der Waals surface area (Å²) in [6.45, 7) is 14.7. The van der Waals surface area contributed by atoms with E-state index in [-0.39, 0.29) is 12.6 Å². The first kappa shape index (κ1) is 24.6. The minimum absolute atomic E-state index is 0.226. The van der Waals surface area contributed by atoms with E-state index in [0.717, 1.165) is 64.7 Å². The van der Waals surface area contributed by atoms with Crippen molar-refractivity contribution in [3.63, 3.8) is 0 Å². The van der Waals surface area contributed by atoms with E-state index in [2.05, 4.69) is 67.5 Å². The summed E-state index contributed by atoms with van der Waals surface area (Å²) in [5, 5.41) is 16.4. The lowest BCUT2D eigenvalue weighted by Crippen LogP contribution is -2.46. The van der Waals surface area contributed by atoms with E-state index in [0.29, 0.717) is 11.8 Å². The number of morpholine rings is 1. The van der Waals surface area contributed by atoms with Crippen LogP contribution in [0, 0.1) is 18.8 Å². The molecule has 6 heteroatoms. The van der Waals surface area contributed by atoms with Gasteiger partial charge in [0.1, 0.15) is 0 Å². The Labute approximate surface area is 183 Å². The molecule has 1 saturated heterocycles. The van der Waals surface area contributed by atoms with Gasteiger partial charge in [0.25, 0.3) is 0 Å². The number of nitrogens with zero attached hydrogens (tertiary/aromatic N) is 2. The number of ether oxygens (including phenoxy) is 1. The molecule has 170 valence electrons. The number of benzene rings is 1. The molecule has 2 rings (SSSR count). The molecule has 0 bridgehead atoms. The van der Waals surface area contributed by atoms with E-state index in [1.807, 2.05) is 0 Å². The van der Waals surface area contributed by atoms with Gasteiger partial charge in [-0.05, 0) is 44.1 Å². The molecule has 1 aliphatic heterocycles. The molecular formula is C24H42N4O2. The largest absolute Gasteiger partial charge is 0.396 e. The van der Waals surface area contributed by atoms with Crippen molar-refractivity contribution in [1.29, 1.82) is 0 Å². The van der Waals surface area contributed by atoms with Gasteiger partial charge in [-0.3, -0.25) is 9.89 Å². The van der Waals surface area contributed by atoms with Gasteiger partial charge in [-0.25, -0.2) is 0 Å². The highest BCUT2D eigenvalue weighted by molar-refractivity contribution is 5.79. The maximum atomic E-state index is 9.39. The maximum Gasteiger partial charge on any atom is 0.191 e. The van der Waals surface area contributed by atoms with Gasteiger partial charge < -0.3 is 20.5 Å². The minimum atomic E-state index is 0.226. The molecule has 6 nitrogen and oxygen atoms in total. The average Bonchev–Trinajstić information content (AvgIpc) is 2.72. The third kappa shape index (κ3) is 8.62. The molecule has 2 atom stereocenters. The van der Waals surface area contributed by atoms with E-state index < -0.39 is 0 Å². The Kier molecular flexibility index (Phi) is 11.2. The van der Waals surface area contributed by atoms with Crippen LogP contribution in [-0.4, -0.2) is 68.5 Å². The SMILES string of the molecule is CCNC(=NCC(CCO)CC(C)C)NCC(c1cccc(C)c1)N1CCOCC1. The predicted molar refractivity (Wildman–Crippen MR) is 125 cm³/mol. The topological polar surface area (TPSA) is 69.1 Å². The first-order chi connectivity index (χ1) is 14.5. The molecule has 1 aromatic carbocycles. The first-order valence-corrected chi connectivity index (χ1v) is 11.5. The first-order valence-electron chi connectivity index (χ1n) is 11.5. The number of aliphatic imine (C=N–C) groups is 1. The molecule has 2 unspecified atom stereocenters. The Morgan fingerprint density at radius 3 is 2.63 bits per heavy atom. The number of aryl methyl sites for hydroxylation is 1. The van der Waals surface area contributed by atoms with Crippen molar-refractivity contribution in [3.05, 3.63) is 35.4 Å². The molecule has 0 aliphatic carbocycles. The van der Waals surface area contributed by atoms with Gasteiger partial charge in [0.05, 0.1) is 19.3 Å². The van der Waals surface area contributed by atoms with E-state index in [9.17, 15) is 5.11 Å². The zero-order chi connectivity index (χ0) is 21.8. The molecular weight excluding hydrogens is 376 g/mol. The van der Waals surface area contributed by atoms with Gasteiger partial charge in [-0.1, -0.05) is 43.7 Å². The van der Waals surface area contributed by atoms with E-state index in [1.165, 1.54) is 11.1 Å². The Hall–Kier alpha value is -1.63. The zero-order valence-electron chi connectivity index (χ0n) is 19.4. The molecule has 30 heavy (non-hydrogen) atoms. The summed E-state index contributed by atoms with van der Waals surface area (Å²) in [6.07, 6.45) is 1.89. The van der Waals surface area contributed by atoms with Crippen LogP contribution in [0.2, 0.25) is 0 Å². The summed E-state index contributed by atoms with van der Waals surface area (Å²) in [5.41, 5.74) is 2.62. The van der Waals surface area contributed by atoms with Crippen LogP contribution in [0.1, 0.15) is 50.8 Å². The average molecular weight is 419 g/mol. The summed E-state index contributed by atoms with van der Waals surface area (Å²) in [4.78, 5) is 7.36. The van der Waals surface area contributed by atoms with Crippen LogP contribution >= 0.6 is 0 Å². The van der Waals surface area contributed by atoms with Crippen LogP contribution in [0.4, 0.5) is 0 Å². The number of aliphatic hydroxyl groups is 1. The van der Waals surface area contributed by atoms with Gasteiger partial charge in [-0.15, -0.1) is 0 Å². The van der Waals surface area contributed by atoms with Crippen LogP contribution in [0.5, 0.6) is 0 Å². The van der Waals surface area contributed by atoms with Crippen LogP contribution in [0.3, 0.4) is 0 Å². The normalized spacial score (nSPS) is 17.7. The fraction of sp³-hybridized carbons (Fsp3) is 0.708. The quantitative estimate of drug-likeness (QED) is 0.381. The molecule has 1 aliphatic rings. The second kappa shape index (κ2) is 13.6. The second-order valence-corrected chi connectivity index (χ2v) is 8.69. The highest BCUT2D eigenvalue weighted by Gasteiger charge is 2.23. The molecule has 3 N–H and O–H groups in total. The number of nitrogens with one attached hydrogen (secondary N) is 2. The monoisotopic (exact) mass is 418 g/mol. The third-order valence-electron chi connectivity index (χ3n) is 5.57. The fourth-order valence-corrected chi connectivity index (χ4v) is 4.11. The van der Waals surface area contributed by atoms with Crippen molar-refractivity contribution >= 4 is 5.96 Å². The molecule has 1 aromatic rings. The van der Waals surface area contributed by atoms with Gasteiger partial charge in [0.15, 0.2) is 5.96 Å². The summed E-state index contributed by atoms with van der Waals surface area (Å²) >= 11 is 0. The van der Waals surface area contributed by atoms with Crippen molar-refractivity contribution < 1.29 is 9.84 Å². The highest BCUT2D eigenvalue weighted by Crippen LogP contribution is 2.22. The zero-order valence-corrected chi connectivity index (χ0v) is 19.4. The summed E-state index contributed by atoms with van der Waals surface area (Å²) < 4.78 is 5.57. The predicted octanol–water partition coefficient (Wildman–Crippen LogP) is 2.97. The molecule has 1 fully saturated rings. The van der Waals surface area contributed by atoms with Gasteiger partial charge in [0.2, 0.25) is 0 Å². The van der Waals surface area contributed by atoms with E-state index in [1.54, 1.807) is 0 Å². The lowest BCUT2D eigenvalue weighted by molar-refractivity contribution is 0.0170. The number of rotatable bonds is 11. The number of aliphatic hydroxyl groups excluding tert-OH is 1. The van der Waals surface area contributed by atoms with Crippen molar-refractivity contribution in [2.75, 3.05) is 52.5 Å². The number of hydrogen-bond donors (Lipinski definition) is 3. The molecule has 0 amide bonds. The van der Waals surface area contributed by atoms with Crippen molar-refractivity contribution in [2.24, 2.45) is 16.8 Å². The van der Waals surface area contributed by atoms with Crippen molar-refractivity contribution in [2.45, 2.75) is 46.6 Å². The van der Waals surface area contributed by atoms with Gasteiger partial charge in [0, 0.05) is 39.3 Å². The van der Waals surface area contributed by atoms with Gasteiger partial charge >= 0.3 is 0 Å². The Balaban J connectivity index is 2.08. The number of guanidine groups is 1. The van der Waals surface area contributed by atoms with Gasteiger partial charge in [-0.2, -0.15) is 0 Å². The summed E-state index contributed by atoms with van der Waals surface area (Å²) in [5.74, 6) is 1.88. The summed E-state index contributed by atoms with van der Waals surface area (Å²) in [6, 6.07) is 9.07. The molecule has 0 spiro atoms. The van der Waals surface area contributed by atoms with Crippen LogP contribution < -0.4 is 10.6 Å². The lowest BCUT2D eigenvalue weighted by atomic mass is 9.94. The van der Waals surface area contributed by atoms with E-state index in [4.69, 9.17) is 9.73 Å². The molecule has 1 heterocycles. The van der Waals surface area contributed by atoms with Crippen LogP contribution in [0.15, 0.2) is 29.3 Å². The van der Waals surface area contributed by atoms with Crippen molar-refractivity contribution in [1.82, 2.24) is 15.5 Å². The van der Waals surface area contributed by atoms with E-state index >= 15 is 0 Å². The maximum absolute atomic E-state index is 9.39. The third-order valence-corrected chi connectivity index (χ3v) is 5.57.